The van der Waals surface area contributed by atoms with Gasteiger partial charge in [0.25, 0.3) is 0 Å². The third kappa shape index (κ3) is 2.81. The van der Waals surface area contributed by atoms with E-state index in [1.807, 2.05) is 21.0 Å². The van der Waals surface area contributed by atoms with Crippen LogP contribution in [0.25, 0.3) is 0 Å². The highest BCUT2D eigenvalue weighted by atomic mass is 35.5. The van der Waals surface area contributed by atoms with E-state index in [9.17, 15) is 8.42 Å². The van der Waals surface area contributed by atoms with E-state index < -0.39 is 10.0 Å². The molecule has 19 heavy (non-hydrogen) atoms. The van der Waals surface area contributed by atoms with Gasteiger partial charge in [0.15, 0.2) is 0 Å². The van der Waals surface area contributed by atoms with Crippen molar-refractivity contribution in [2.24, 2.45) is 7.05 Å². The molecular weight excluding hydrogens is 286 g/mol. The molecule has 108 valence electrons. The fraction of sp³-hybridized carbons (Fsp3) is 0.667. The van der Waals surface area contributed by atoms with E-state index in [1.165, 1.54) is 0 Å². The molecule has 1 aromatic heterocycles. The number of piperazine rings is 1. The van der Waals surface area contributed by atoms with Crippen molar-refractivity contribution in [3.8, 4) is 0 Å². The van der Waals surface area contributed by atoms with Gasteiger partial charge in [-0.05, 0) is 20.0 Å². The lowest BCUT2D eigenvalue weighted by molar-refractivity contribution is 0.159. The number of hydrogen-bond acceptors (Lipinski definition) is 3. The van der Waals surface area contributed by atoms with Gasteiger partial charge in [-0.25, -0.2) is 8.42 Å². The molecule has 1 aliphatic heterocycles. The summed E-state index contributed by atoms with van der Waals surface area (Å²) in [6.45, 7) is 3.87. The highest BCUT2D eigenvalue weighted by Gasteiger charge is 2.31. The first-order chi connectivity index (χ1) is 8.86. The molecule has 0 aliphatic carbocycles. The van der Waals surface area contributed by atoms with E-state index in [-0.39, 0.29) is 6.04 Å². The standard InChI is InChI=1S/C12H20ClN3O2S/c1-10-8-16(5-4-14(10)2)19(17,18)12-6-11(7-13)15(3)9-12/h6,9-10H,4-5,7-8H2,1-3H3. The third-order valence-corrected chi connectivity index (χ3v) is 5.88. The van der Waals surface area contributed by atoms with Gasteiger partial charge >= 0.3 is 0 Å². The van der Waals surface area contributed by atoms with Crippen LogP contribution < -0.4 is 0 Å². The summed E-state index contributed by atoms with van der Waals surface area (Å²) in [5.74, 6) is 0.311. The van der Waals surface area contributed by atoms with Gasteiger partial charge < -0.3 is 9.47 Å². The van der Waals surface area contributed by atoms with E-state index >= 15 is 0 Å². The minimum atomic E-state index is -3.40. The summed E-state index contributed by atoms with van der Waals surface area (Å²) in [5.41, 5.74) is 0.808. The van der Waals surface area contributed by atoms with Crippen molar-refractivity contribution in [3.05, 3.63) is 18.0 Å². The third-order valence-electron chi connectivity index (χ3n) is 3.78. The average Bonchev–Trinajstić information content (AvgIpc) is 2.74. The van der Waals surface area contributed by atoms with Crippen LogP contribution >= 0.6 is 11.6 Å². The lowest BCUT2D eigenvalue weighted by Gasteiger charge is -2.36. The number of halogens is 1. The van der Waals surface area contributed by atoms with Gasteiger partial charge in [0, 0.05) is 44.6 Å². The van der Waals surface area contributed by atoms with Crippen molar-refractivity contribution in [3.63, 3.8) is 0 Å². The van der Waals surface area contributed by atoms with Crippen LogP contribution in [0.4, 0.5) is 0 Å². The zero-order chi connectivity index (χ0) is 14.2. The molecule has 1 unspecified atom stereocenters. The normalized spacial score (nSPS) is 22.8. The quantitative estimate of drug-likeness (QED) is 0.785. The Morgan fingerprint density at radius 3 is 2.58 bits per heavy atom. The maximum Gasteiger partial charge on any atom is 0.244 e. The van der Waals surface area contributed by atoms with Crippen LogP contribution in [0.3, 0.4) is 0 Å². The summed E-state index contributed by atoms with van der Waals surface area (Å²) in [7, 11) is 0.423. The van der Waals surface area contributed by atoms with Crippen molar-refractivity contribution in [1.29, 1.82) is 0 Å². The van der Waals surface area contributed by atoms with E-state index in [0.29, 0.717) is 23.9 Å². The predicted octanol–water partition coefficient (Wildman–Crippen LogP) is 1.09. The van der Waals surface area contributed by atoms with Gasteiger partial charge in [-0.15, -0.1) is 11.6 Å². The number of aryl methyl sites for hydroxylation is 1. The van der Waals surface area contributed by atoms with Crippen LogP contribution in [-0.2, 0) is 23.0 Å². The van der Waals surface area contributed by atoms with Crippen LogP contribution in [0.5, 0.6) is 0 Å². The Bertz CT molecular complexity index is 555. The lowest BCUT2D eigenvalue weighted by Crippen LogP contribution is -2.51. The molecule has 1 saturated heterocycles. The topological polar surface area (TPSA) is 45.6 Å². The van der Waals surface area contributed by atoms with Gasteiger partial charge in [0.2, 0.25) is 10.0 Å². The maximum atomic E-state index is 12.6. The fourth-order valence-electron chi connectivity index (χ4n) is 2.23. The molecule has 0 amide bonds. The van der Waals surface area contributed by atoms with E-state index in [0.717, 1.165) is 12.2 Å². The van der Waals surface area contributed by atoms with Crippen LogP contribution in [0, 0.1) is 0 Å². The van der Waals surface area contributed by atoms with E-state index in [1.54, 1.807) is 21.1 Å². The Morgan fingerprint density at radius 1 is 1.37 bits per heavy atom. The second-order valence-corrected chi connectivity index (χ2v) is 7.31. The second-order valence-electron chi connectivity index (χ2n) is 5.10. The highest BCUT2D eigenvalue weighted by Crippen LogP contribution is 2.22. The monoisotopic (exact) mass is 305 g/mol. The lowest BCUT2D eigenvalue weighted by atomic mass is 10.2. The van der Waals surface area contributed by atoms with Gasteiger partial charge in [0.05, 0.1) is 5.88 Å². The first-order valence-corrected chi connectivity index (χ1v) is 8.25. The summed E-state index contributed by atoms with van der Waals surface area (Å²) in [5, 5.41) is 0. The predicted molar refractivity (Wildman–Crippen MR) is 75.8 cm³/mol. The Balaban J connectivity index is 2.27. The number of nitrogens with zero attached hydrogens (tertiary/aromatic N) is 3. The zero-order valence-corrected chi connectivity index (χ0v) is 13.1. The number of hydrogen-bond donors (Lipinski definition) is 0. The van der Waals surface area contributed by atoms with Crippen molar-refractivity contribution in [2.45, 2.75) is 23.7 Å². The molecule has 1 fully saturated rings. The number of alkyl halides is 1. The smallest absolute Gasteiger partial charge is 0.244 e. The van der Waals surface area contributed by atoms with Gasteiger partial charge in [-0.3, -0.25) is 0 Å². The Morgan fingerprint density at radius 2 is 2.05 bits per heavy atom. The summed E-state index contributed by atoms with van der Waals surface area (Å²) < 4.78 is 28.5. The van der Waals surface area contributed by atoms with Crippen molar-refractivity contribution in [1.82, 2.24) is 13.8 Å². The molecule has 0 radical (unpaired) electrons. The molecule has 7 heteroatoms. The zero-order valence-electron chi connectivity index (χ0n) is 11.5. The summed E-state index contributed by atoms with van der Waals surface area (Å²) >= 11 is 5.79. The van der Waals surface area contributed by atoms with Gasteiger partial charge in [0.1, 0.15) is 4.90 Å². The summed E-state index contributed by atoms with van der Waals surface area (Å²) in [6.07, 6.45) is 1.63. The minimum Gasteiger partial charge on any atom is -0.352 e. The molecule has 0 spiro atoms. The molecule has 1 atom stereocenters. The molecule has 2 heterocycles. The second kappa shape index (κ2) is 5.44. The minimum absolute atomic E-state index is 0.236. The molecule has 0 N–H and O–H groups in total. The van der Waals surface area contributed by atoms with Crippen LogP contribution in [0.15, 0.2) is 17.2 Å². The first-order valence-electron chi connectivity index (χ1n) is 6.28. The van der Waals surface area contributed by atoms with Crippen molar-refractivity contribution in [2.75, 3.05) is 26.7 Å². The number of aromatic nitrogens is 1. The molecule has 2 rings (SSSR count). The van der Waals surface area contributed by atoms with Gasteiger partial charge in [-0.2, -0.15) is 4.31 Å². The summed E-state index contributed by atoms with van der Waals surface area (Å²) in [4.78, 5) is 2.50. The molecule has 1 aliphatic rings. The van der Waals surface area contributed by atoms with Crippen LogP contribution in [0.1, 0.15) is 12.6 Å². The Hall–Kier alpha value is -0.560. The number of sulfonamides is 1. The maximum absolute atomic E-state index is 12.6. The molecule has 5 nitrogen and oxygen atoms in total. The molecule has 0 aromatic carbocycles. The largest absolute Gasteiger partial charge is 0.352 e. The fourth-order valence-corrected chi connectivity index (χ4v) is 4.11. The van der Waals surface area contributed by atoms with Crippen LogP contribution in [0.2, 0.25) is 0 Å². The van der Waals surface area contributed by atoms with Crippen LogP contribution in [-0.4, -0.2) is 54.9 Å². The number of likely N-dealkylation sites (N-methyl/N-ethyl adjacent to an activating group) is 1. The molecule has 0 saturated carbocycles. The van der Waals surface area contributed by atoms with E-state index in [4.69, 9.17) is 11.6 Å². The highest BCUT2D eigenvalue weighted by molar-refractivity contribution is 7.89. The molecule has 0 bridgehead atoms. The average molecular weight is 306 g/mol. The molecular formula is C12H20ClN3O2S. The van der Waals surface area contributed by atoms with Gasteiger partial charge in [-0.1, -0.05) is 0 Å². The molecule has 1 aromatic rings. The van der Waals surface area contributed by atoms with Crippen molar-refractivity contribution < 1.29 is 8.42 Å². The van der Waals surface area contributed by atoms with Crippen molar-refractivity contribution >= 4 is 21.6 Å². The Labute approximate surface area is 119 Å². The Kier molecular flexibility index (Phi) is 4.25. The number of rotatable bonds is 3. The van der Waals surface area contributed by atoms with E-state index in [2.05, 4.69) is 4.90 Å². The first kappa shape index (κ1) is 14.8. The SMILES string of the molecule is CC1CN(S(=O)(=O)c2cc(CCl)n(C)c2)CCN1C. The summed E-state index contributed by atoms with van der Waals surface area (Å²) in [6, 6.07) is 1.89.